The molecule has 4 aliphatic rings. The molecule has 0 radical (unpaired) electrons. The van der Waals surface area contributed by atoms with Crippen LogP contribution in [0.3, 0.4) is 0 Å². The Balaban J connectivity index is 1.21. The van der Waals surface area contributed by atoms with E-state index in [9.17, 15) is 30.2 Å². The van der Waals surface area contributed by atoms with E-state index in [-0.39, 0.29) is 71.2 Å². The molecule has 0 amide bonds. The van der Waals surface area contributed by atoms with Crippen molar-refractivity contribution in [1.29, 1.82) is 0 Å². The number of nitrogens with zero attached hydrogens (tertiary/aromatic N) is 1. The Hall–Kier alpha value is -2.03. The lowest BCUT2D eigenvalue weighted by molar-refractivity contribution is -0.384. The number of esters is 1. The summed E-state index contributed by atoms with van der Waals surface area (Å²) in [4.78, 5) is 22.9. The topological polar surface area (TPSA) is 130 Å². The molecule has 0 aromatic heterocycles. The zero-order valence-electron chi connectivity index (χ0n) is 23.5. The van der Waals surface area contributed by atoms with Gasteiger partial charge in [0.15, 0.2) is 0 Å². The Morgan fingerprint density at radius 2 is 1.79 bits per heavy atom. The second-order valence-corrected chi connectivity index (χ2v) is 13.6. The van der Waals surface area contributed by atoms with Crippen LogP contribution in [-0.2, 0) is 16.1 Å². The summed E-state index contributed by atoms with van der Waals surface area (Å²) in [7, 11) is 0. The Kier molecular flexibility index (Phi) is 7.85. The third kappa shape index (κ3) is 5.02. The van der Waals surface area contributed by atoms with Crippen molar-refractivity contribution in [2.75, 3.05) is 0 Å². The molecule has 0 saturated heterocycles. The number of nitro groups is 1. The third-order valence-electron chi connectivity index (χ3n) is 11.9. The molecule has 216 valence electrons. The molecular weight excluding hydrogens is 498 g/mol. The maximum atomic E-state index is 12.5. The van der Waals surface area contributed by atoms with Crippen LogP contribution >= 0.6 is 0 Å². The quantitative estimate of drug-likeness (QED) is 0.250. The molecule has 0 heterocycles. The molecule has 11 atom stereocenters. The fraction of sp³-hybridized carbons (Fsp3) is 0.774. The number of carbonyl (C=O) groups excluding carboxylic acids is 1. The lowest BCUT2D eigenvalue weighted by atomic mass is 9.43. The van der Waals surface area contributed by atoms with Crippen molar-refractivity contribution in [3.63, 3.8) is 0 Å². The Bertz CT molecular complexity index is 1060. The van der Waals surface area contributed by atoms with Crippen LogP contribution in [-0.4, -0.2) is 44.5 Å². The van der Waals surface area contributed by atoms with Crippen molar-refractivity contribution in [2.24, 2.45) is 46.3 Å². The minimum absolute atomic E-state index is 0.00527. The number of aliphatic hydroxyl groups is 3. The van der Waals surface area contributed by atoms with E-state index in [0.29, 0.717) is 24.3 Å². The molecule has 4 fully saturated rings. The largest absolute Gasteiger partial charge is 0.461 e. The van der Waals surface area contributed by atoms with Crippen LogP contribution < -0.4 is 0 Å². The van der Waals surface area contributed by atoms with Crippen molar-refractivity contribution >= 4 is 11.7 Å². The van der Waals surface area contributed by atoms with E-state index in [0.717, 1.165) is 38.5 Å². The SMILES string of the molecule is CC(CCC(=O)OCc1ccc([N+](=O)[O-])cc1)C1CCC2C3C(O)CC4CC(O)CCC4(C)C3CC(O)C12C. The first-order chi connectivity index (χ1) is 18.4. The van der Waals surface area contributed by atoms with Crippen molar-refractivity contribution in [3.8, 4) is 0 Å². The molecule has 39 heavy (non-hydrogen) atoms. The maximum Gasteiger partial charge on any atom is 0.306 e. The summed E-state index contributed by atoms with van der Waals surface area (Å²) in [5.41, 5.74) is 0.484. The molecule has 1 aromatic carbocycles. The third-order valence-corrected chi connectivity index (χ3v) is 11.9. The second kappa shape index (κ2) is 10.7. The van der Waals surface area contributed by atoms with E-state index in [1.807, 2.05) is 0 Å². The first kappa shape index (κ1) is 28.5. The van der Waals surface area contributed by atoms with Crippen molar-refractivity contribution in [3.05, 3.63) is 39.9 Å². The van der Waals surface area contributed by atoms with Crippen LogP contribution in [0.4, 0.5) is 5.69 Å². The van der Waals surface area contributed by atoms with Crippen LogP contribution in [0.25, 0.3) is 0 Å². The molecule has 0 spiro atoms. The number of hydrogen-bond donors (Lipinski definition) is 3. The van der Waals surface area contributed by atoms with Gasteiger partial charge in [-0.15, -0.1) is 0 Å². The van der Waals surface area contributed by atoms with E-state index >= 15 is 0 Å². The van der Waals surface area contributed by atoms with Crippen LogP contribution in [0, 0.1) is 56.5 Å². The van der Waals surface area contributed by atoms with Gasteiger partial charge in [0.05, 0.1) is 23.2 Å². The number of non-ortho nitro benzene ring substituents is 1. The summed E-state index contributed by atoms with van der Waals surface area (Å²) in [6.07, 6.45) is 5.83. The fourth-order valence-electron chi connectivity index (χ4n) is 9.63. The standard InChI is InChI=1S/C31H45NO7/c1-18(4-11-28(36)39-17-19-5-7-21(8-6-19)32(37)38)23-9-10-24-29-25(16-27(35)31(23,24)3)30(2)13-12-22(33)14-20(30)15-26(29)34/h5-8,18,20,22-27,29,33-35H,4,9-17H2,1-3H3. The molecule has 0 aliphatic heterocycles. The van der Waals surface area contributed by atoms with E-state index < -0.39 is 17.1 Å². The van der Waals surface area contributed by atoms with Crippen LogP contribution in [0.5, 0.6) is 0 Å². The predicted octanol–water partition coefficient (Wildman–Crippen LogP) is 5.02. The number of ether oxygens (including phenoxy) is 1. The van der Waals surface area contributed by atoms with Gasteiger partial charge >= 0.3 is 5.97 Å². The summed E-state index contributed by atoms with van der Waals surface area (Å²) in [5.74, 6) is 1.23. The van der Waals surface area contributed by atoms with Crippen molar-refractivity contribution in [2.45, 2.75) is 103 Å². The molecular formula is C31H45NO7. The summed E-state index contributed by atoms with van der Waals surface area (Å²) in [6.45, 7) is 6.84. The molecule has 0 bridgehead atoms. The van der Waals surface area contributed by atoms with E-state index in [1.54, 1.807) is 12.1 Å². The zero-order valence-corrected chi connectivity index (χ0v) is 23.5. The van der Waals surface area contributed by atoms with Gasteiger partial charge in [0.25, 0.3) is 5.69 Å². The highest BCUT2D eigenvalue weighted by Gasteiger charge is 2.65. The average Bonchev–Trinajstić information content (AvgIpc) is 3.26. The zero-order chi connectivity index (χ0) is 28.1. The average molecular weight is 544 g/mol. The number of rotatable bonds is 7. The number of aliphatic hydroxyl groups excluding tert-OH is 3. The van der Waals surface area contributed by atoms with Gasteiger partial charge in [0.2, 0.25) is 0 Å². The summed E-state index contributed by atoms with van der Waals surface area (Å²) in [6, 6.07) is 6.01. The molecule has 1 aromatic rings. The molecule has 11 unspecified atom stereocenters. The number of fused-ring (bicyclic) bond motifs is 5. The van der Waals surface area contributed by atoms with Gasteiger partial charge in [-0.05, 0) is 115 Å². The molecule has 4 saturated carbocycles. The molecule has 8 heteroatoms. The van der Waals surface area contributed by atoms with Crippen molar-refractivity contribution in [1.82, 2.24) is 0 Å². The van der Waals surface area contributed by atoms with Gasteiger partial charge in [0, 0.05) is 18.6 Å². The van der Waals surface area contributed by atoms with Gasteiger partial charge in [-0.1, -0.05) is 20.8 Å². The number of hydrogen-bond acceptors (Lipinski definition) is 7. The van der Waals surface area contributed by atoms with Gasteiger partial charge in [-0.3, -0.25) is 14.9 Å². The summed E-state index contributed by atoms with van der Waals surface area (Å²) >= 11 is 0. The van der Waals surface area contributed by atoms with Gasteiger partial charge in [0.1, 0.15) is 6.61 Å². The lowest BCUT2D eigenvalue weighted by Crippen LogP contribution is -2.62. The monoisotopic (exact) mass is 543 g/mol. The maximum absolute atomic E-state index is 12.5. The summed E-state index contributed by atoms with van der Waals surface area (Å²) < 4.78 is 5.44. The molecule has 3 N–H and O–H groups in total. The van der Waals surface area contributed by atoms with Crippen LogP contribution in [0.2, 0.25) is 0 Å². The highest BCUT2D eigenvalue weighted by Crippen LogP contribution is 2.68. The van der Waals surface area contributed by atoms with E-state index in [4.69, 9.17) is 4.74 Å². The Labute approximate surface area is 231 Å². The van der Waals surface area contributed by atoms with Crippen LogP contribution in [0.15, 0.2) is 24.3 Å². The van der Waals surface area contributed by atoms with Crippen molar-refractivity contribution < 1.29 is 29.8 Å². The number of nitro benzene ring substituents is 1. The highest BCUT2D eigenvalue weighted by molar-refractivity contribution is 5.69. The minimum atomic E-state index is -0.456. The number of benzene rings is 1. The first-order valence-electron chi connectivity index (χ1n) is 14.9. The van der Waals surface area contributed by atoms with E-state index in [2.05, 4.69) is 20.8 Å². The molecule has 8 nitrogen and oxygen atoms in total. The highest BCUT2D eigenvalue weighted by atomic mass is 16.6. The van der Waals surface area contributed by atoms with Gasteiger partial charge in [-0.25, -0.2) is 0 Å². The smallest absolute Gasteiger partial charge is 0.306 e. The lowest BCUT2D eigenvalue weighted by Gasteiger charge is -2.63. The Morgan fingerprint density at radius 3 is 2.49 bits per heavy atom. The fourth-order valence-corrected chi connectivity index (χ4v) is 9.63. The van der Waals surface area contributed by atoms with Gasteiger partial charge in [-0.2, -0.15) is 0 Å². The minimum Gasteiger partial charge on any atom is -0.461 e. The Morgan fingerprint density at radius 1 is 1.08 bits per heavy atom. The molecule has 5 rings (SSSR count). The first-order valence-corrected chi connectivity index (χ1v) is 14.9. The van der Waals surface area contributed by atoms with Crippen LogP contribution in [0.1, 0.15) is 84.1 Å². The summed E-state index contributed by atoms with van der Waals surface area (Å²) in [5, 5.41) is 44.3. The number of carbonyl (C=O) groups is 1. The normalized spacial score (nSPS) is 42.1. The van der Waals surface area contributed by atoms with E-state index in [1.165, 1.54) is 12.1 Å². The second-order valence-electron chi connectivity index (χ2n) is 13.6. The molecule has 4 aliphatic carbocycles. The van der Waals surface area contributed by atoms with Gasteiger partial charge < -0.3 is 20.1 Å². The predicted molar refractivity (Wildman–Crippen MR) is 145 cm³/mol.